The molecule has 1 N–H and O–H groups in total. The van der Waals surface area contributed by atoms with E-state index in [0.29, 0.717) is 0 Å². The van der Waals surface area contributed by atoms with Gasteiger partial charge >= 0.3 is 0 Å². The fraction of sp³-hybridized carbons (Fsp3) is 0.583. The number of aromatic nitrogens is 2. The third-order valence-electron chi connectivity index (χ3n) is 2.93. The van der Waals surface area contributed by atoms with Gasteiger partial charge in [0.1, 0.15) is 0 Å². The van der Waals surface area contributed by atoms with Crippen LogP contribution in [0.4, 0.5) is 5.69 Å². The van der Waals surface area contributed by atoms with Gasteiger partial charge in [-0.3, -0.25) is 4.68 Å². The molecule has 0 bridgehead atoms. The van der Waals surface area contributed by atoms with E-state index in [1.54, 1.807) is 0 Å². The zero-order valence-electron chi connectivity index (χ0n) is 9.32. The van der Waals surface area contributed by atoms with Crippen LogP contribution in [0.2, 0.25) is 0 Å². The highest BCUT2D eigenvalue weighted by Gasteiger charge is 2.09. The molecule has 0 saturated carbocycles. The molecule has 1 aromatic rings. The van der Waals surface area contributed by atoms with Crippen molar-refractivity contribution in [3.05, 3.63) is 24.5 Å². The summed E-state index contributed by atoms with van der Waals surface area (Å²) in [5, 5.41) is 7.69. The third-order valence-corrected chi connectivity index (χ3v) is 2.93. The molecule has 0 aliphatic heterocycles. The molecule has 1 aliphatic carbocycles. The van der Waals surface area contributed by atoms with Gasteiger partial charge in [-0.05, 0) is 32.1 Å². The molecule has 0 spiro atoms. The zero-order chi connectivity index (χ0) is 10.5. The molecule has 0 aromatic carbocycles. The Morgan fingerprint density at radius 1 is 1.53 bits per heavy atom. The van der Waals surface area contributed by atoms with Gasteiger partial charge in [-0.2, -0.15) is 5.10 Å². The van der Waals surface area contributed by atoms with E-state index in [0.717, 1.165) is 24.7 Å². The summed E-state index contributed by atoms with van der Waals surface area (Å²) in [6.07, 6.45) is 12.3. The van der Waals surface area contributed by atoms with Crippen molar-refractivity contribution in [2.45, 2.75) is 32.7 Å². The van der Waals surface area contributed by atoms with Crippen LogP contribution in [-0.4, -0.2) is 16.3 Å². The summed E-state index contributed by atoms with van der Waals surface area (Å²) in [5.74, 6) is 0.792. The average molecular weight is 205 g/mol. The predicted octanol–water partition coefficient (Wildman–Crippen LogP) is 2.67. The molecular formula is C12H19N3. The molecular weight excluding hydrogens is 186 g/mol. The van der Waals surface area contributed by atoms with Crippen molar-refractivity contribution in [3.63, 3.8) is 0 Å². The fourth-order valence-electron chi connectivity index (χ4n) is 1.93. The first-order chi connectivity index (χ1) is 7.38. The molecule has 0 amide bonds. The summed E-state index contributed by atoms with van der Waals surface area (Å²) in [6.45, 7) is 4.11. The summed E-state index contributed by atoms with van der Waals surface area (Å²) >= 11 is 0. The maximum atomic E-state index is 4.24. The van der Waals surface area contributed by atoms with Crippen LogP contribution in [0.15, 0.2) is 24.5 Å². The Labute approximate surface area is 91.2 Å². The maximum absolute atomic E-state index is 4.24. The highest BCUT2D eigenvalue weighted by molar-refractivity contribution is 5.38. The van der Waals surface area contributed by atoms with Crippen LogP contribution in [0.5, 0.6) is 0 Å². The highest BCUT2D eigenvalue weighted by Crippen LogP contribution is 2.18. The van der Waals surface area contributed by atoms with E-state index in [9.17, 15) is 0 Å². The van der Waals surface area contributed by atoms with E-state index in [2.05, 4.69) is 35.7 Å². The monoisotopic (exact) mass is 205 g/mol. The quantitative estimate of drug-likeness (QED) is 0.766. The second-order valence-corrected chi connectivity index (χ2v) is 4.12. The number of allylic oxidation sites excluding steroid dienone is 2. The Morgan fingerprint density at radius 2 is 2.47 bits per heavy atom. The number of nitrogens with one attached hydrogen (secondary N) is 1. The number of rotatable bonds is 4. The number of hydrogen-bond acceptors (Lipinski definition) is 2. The average Bonchev–Trinajstić information content (AvgIpc) is 2.76. The first-order valence-electron chi connectivity index (χ1n) is 5.80. The van der Waals surface area contributed by atoms with Crippen molar-refractivity contribution in [1.82, 2.24) is 9.78 Å². The molecule has 0 fully saturated rings. The lowest BCUT2D eigenvalue weighted by Gasteiger charge is -2.17. The lowest BCUT2D eigenvalue weighted by molar-refractivity contribution is 0.504. The van der Waals surface area contributed by atoms with E-state index in [-0.39, 0.29) is 0 Å². The minimum absolute atomic E-state index is 0.792. The summed E-state index contributed by atoms with van der Waals surface area (Å²) in [4.78, 5) is 0. The van der Waals surface area contributed by atoms with E-state index in [1.165, 1.54) is 19.3 Å². The summed E-state index contributed by atoms with van der Waals surface area (Å²) in [5.41, 5.74) is 1.14. The van der Waals surface area contributed by atoms with Crippen LogP contribution in [0.3, 0.4) is 0 Å². The van der Waals surface area contributed by atoms with Gasteiger partial charge in [0.05, 0.1) is 11.9 Å². The summed E-state index contributed by atoms with van der Waals surface area (Å²) in [6, 6.07) is 0. The van der Waals surface area contributed by atoms with E-state index in [1.807, 2.05) is 10.9 Å². The number of aryl methyl sites for hydroxylation is 1. The zero-order valence-corrected chi connectivity index (χ0v) is 9.32. The molecule has 0 radical (unpaired) electrons. The topological polar surface area (TPSA) is 29.9 Å². The Bertz CT molecular complexity index is 327. The Morgan fingerprint density at radius 3 is 3.13 bits per heavy atom. The van der Waals surface area contributed by atoms with Gasteiger partial charge in [-0.15, -0.1) is 0 Å². The largest absolute Gasteiger partial charge is 0.382 e. The molecule has 3 nitrogen and oxygen atoms in total. The normalized spacial score (nSPS) is 20.5. The van der Waals surface area contributed by atoms with Crippen LogP contribution >= 0.6 is 0 Å². The second kappa shape index (κ2) is 5.01. The van der Waals surface area contributed by atoms with Crippen LogP contribution in [-0.2, 0) is 6.54 Å². The minimum Gasteiger partial charge on any atom is -0.382 e. The van der Waals surface area contributed by atoms with Gasteiger partial charge < -0.3 is 5.32 Å². The SMILES string of the molecule is CCn1cc(NCC2CC=CCC2)cn1. The van der Waals surface area contributed by atoms with Crippen LogP contribution in [0.1, 0.15) is 26.2 Å². The predicted molar refractivity (Wildman–Crippen MR) is 62.9 cm³/mol. The Hall–Kier alpha value is -1.25. The number of hydrogen-bond donors (Lipinski definition) is 1. The first kappa shape index (κ1) is 10.3. The van der Waals surface area contributed by atoms with Gasteiger partial charge in [0.25, 0.3) is 0 Å². The standard InChI is InChI=1S/C12H19N3/c1-2-15-10-12(9-14-15)13-8-11-6-4-3-5-7-11/h3-4,9-11,13H,2,5-8H2,1H3. The minimum atomic E-state index is 0.792. The lowest BCUT2D eigenvalue weighted by atomic mass is 9.94. The van der Waals surface area contributed by atoms with Gasteiger partial charge in [0, 0.05) is 19.3 Å². The van der Waals surface area contributed by atoms with Crippen molar-refractivity contribution in [2.24, 2.45) is 5.92 Å². The smallest absolute Gasteiger partial charge is 0.0726 e. The Balaban J connectivity index is 1.79. The molecule has 1 aromatic heterocycles. The number of nitrogens with zero attached hydrogens (tertiary/aromatic N) is 2. The van der Waals surface area contributed by atoms with Crippen LogP contribution in [0, 0.1) is 5.92 Å². The van der Waals surface area contributed by atoms with E-state index < -0.39 is 0 Å². The molecule has 82 valence electrons. The highest BCUT2D eigenvalue weighted by atomic mass is 15.3. The molecule has 1 heterocycles. The lowest BCUT2D eigenvalue weighted by Crippen LogP contribution is -2.14. The van der Waals surface area contributed by atoms with E-state index >= 15 is 0 Å². The fourth-order valence-corrected chi connectivity index (χ4v) is 1.93. The van der Waals surface area contributed by atoms with Gasteiger partial charge in [-0.1, -0.05) is 12.2 Å². The summed E-state index contributed by atoms with van der Waals surface area (Å²) < 4.78 is 1.95. The maximum Gasteiger partial charge on any atom is 0.0726 e. The second-order valence-electron chi connectivity index (χ2n) is 4.12. The first-order valence-corrected chi connectivity index (χ1v) is 5.80. The van der Waals surface area contributed by atoms with Gasteiger partial charge in [0.2, 0.25) is 0 Å². The van der Waals surface area contributed by atoms with Gasteiger partial charge in [0.15, 0.2) is 0 Å². The third kappa shape index (κ3) is 2.85. The van der Waals surface area contributed by atoms with Gasteiger partial charge in [-0.25, -0.2) is 0 Å². The van der Waals surface area contributed by atoms with Crippen molar-refractivity contribution in [1.29, 1.82) is 0 Å². The van der Waals surface area contributed by atoms with Crippen molar-refractivity contribution in [3.8, 4) is 0 Å². The molecule has 3 heteroatoms. The van der Waals surface area contributed by atoms with Crippen LogP contribution in [0.25, 0.3) is 0 Å². The van der Waals surface area contributed by atoms with Crippen molar-refractivity contribution < 1.29 is 0 Å². The number of anilines is 1. The van der Waals surface area contributed by atoms with Crippen molar-refractivity contribution in [2.75, 3.05) is 11.9 Å². The summed E-state index contributed by atoms with van der Waals surface area (Å²) in [7, 11) is 0. The molecule has 2 rings (SSSR count). The molecule has 1 aliphatic rings. The van der Waals surface area contributed by atoms with Crippen molar-refractivity contribution >= 4 is 5.69 Å². The molecule has 0 saturated heterocycles. The molecule has 15 heavy (non-hydrogen) atoms. The Kier molecular flexibility index (Phi) is 3.43. The van der Waals surface area contributed by atoms with Crippen LogP contribution < -0.4 is 5.32 Å². The van der Waals surface area contributed by atoms with E-state index in [4.69, 9.17) is 0 Å². The molecule has 1 unspecified atom stereocenters. The molecule has 1 atom stereocenters.